The van der Waals surface area contributed by atoms with Crippen molar-refractivity contribution in [3.63, 3.8) is 0 Å². The first-order valence-electron chi connectivity index (χ1n) is 6.79. The summed E-state index contributed by atoms with van der Waals surface area (Å²) in [5.41, 5.74) is 2.22. The van der Waals surface area contributed by atoms with Crippen LogP contribution in [0.4, 0.5) is 0 Å². The molecular formula is C18H19IO2. The zero-order valence-corrected chi connectivity index (χ0v) is 14.5. The number of hydrogen-bond acceptors (Lipinski definition) is 2. The molecule has 0 aliphatic rings. The third-order valence-electron chi connectivity index (χ3n) is 3.13. The Morgan fingerprint density at radius 1 is 1.14 bits per heavy atom. The lowest BCUT2D eigenvalue weighted by Gasteiger charge is -2.21. The fourth-order valence-corrected chi connectivity index (χ4v) is 2.57. The molecule has 1 unspecified atom stereocenters. The topological polar surface area (TPSA) is 18.5 Å². The van der Waals surface area contributed by atoms with Gasteiger partial charge in [-0.25, -0.2) is 0 Å². The van der Waals surface area contributed by atoms with Gasteiger partial charge in [0.15, 0.2) is 0 Å². The molecule has 21 heavy (non-hydrogen) atoms. The van der Waals surface area contributed by atoms with Crippen molar-refractivity contribution in [2.75, 3.05) is 7.11 Å². The van der Waals surface area contributed by atoms with Crippen LogP contribution in [0.25, 0.3) is 0 Å². The Balaban J connectivity index is 2.25. The van der Waals surface area contributed by atoms with E-state index in [1.165, 1.54) is 0 Å². The molecule has 2 aromatic rings. The Labute approximate surface area is 139 Å². The molecule has 0 aliphatic carbocycles. The maximum atomic E-state index is 6.21. The molecule has 110 valence electrons. The normalized spacial score (nSPS) is 11.8. The highest BCUT2D eigenvalue weighted by atomic mass is 127. The first-order valence-corrected chi connectivity index (χ1v) is 7.87. The molecule has 0 bridgehead atoms. The van der Waals surface area contributed by atoms with E-state index in [9.17, 15) is 0 Å². The minimum atomic E-state index is -0.0377. The highest BCUT2D eigenvalue weighted by molar-refractivity contribution is 14.1. The number of rotatable bonds is 6. The number of methoxy groups -OCH3 is 1. The highest BCUT2D eigenvalue weighted by Crippen LogP contribution is 2.30. The molecule has 0 saturated heterocycles. The molecular weight excluding hydrogens is 375 g/mol. The molecule has 0 saturated carbocycles. The zero-order chi connectivity index (χ0) is 15.2. The van der Waals surface area contributed by atoms with Gasteiger partial charge in [0.25, 0.3) is 0 Å². The molecule has 0 N–H and O–H groups in total. The Kier molecular flexibility index (Phi) is 5.67. The minimum Gasteiger partial charge on any atom is -0.497 e. The van der Waals surface area contributed by atoms with Gasteiger partial charge >= 0.3 is 0 Å². The lowest BCUT2D eigenvalue weighted by molar-refractivity contribution is 0.204. The molecule has 0 heterocycles. The largest absolute Gasteiger partial charge is 0.497 e. The van der Waals surface area contributed by atoms with Gasteiger partial charge in [0.2, 0.25) is 0 Å². The monoisotopic (exact) mass is 394 g/mol. The fraction of sp³-hybridized carbons (Fsp3) is 0.222. The average Bonchev–Trinajstić information content (AvgIpc) is 2.48. The van der Waals surface area contributed by atoms with E-state index in [1.807, 2.05) is 55.5 Å². The minimum absolute atomic E-state index is 0.0377. The highest BCUT2D eigenvalue weighted by Gasteiger charge is 2.15. The van der Waals surface area contributed by atoms with E-state index in [-0.39, 0.29) is 6.10 Å². The van der Waals surface area contributed by atoms with Crippen LogP contribution in [-0.2, 0) is 0 Å². The van der Waals surface area contributed by atoms with Crippen LogP contribution in [0, 0.1) is 3.57 Å². The van der Waals surface area contributed by atoms with Crippen molar-refractivity contribution in [1.29, 1.82) is 0 Å². The Hall–Kier alpha value is -1.49. The summed E-state index contributed by atoms with van der Waals surface area (Å²) >= 11 is 2.29. The lowest BCUT2D eigenvalue weighted by Crippen LogP contribution is -2.09. The maximum Gasteiger partial charge on any atom is 0.133 e. The van der Waals surface area contributed by atoms with Gasteiger partial charge in [-0.2, -0.15) is 0 Å². The Morgan fingerprint density at radius 2 is 1.81 bits per heavy atom. The molecule has 1 atom stereocenters. The summed E-state index contributed by atoms with van der Waals surface area (Å²) in [4.78, 5) is 0. The number of para-hydroxylation sites is 1. The second-order valence-corrected chi connectivity index (χ2v) is 6.13. The van der Waals surface area contributed by atoms with E-state index in [4.69, 9.17) is 9.47 Å². The number of ether oxygens (including phenoxy) is 2. The summed E-state index contributed by atoms with van der Waals surface area (Å²) in [6.07, 6.45) is 0.751. The lowest BCUT2D eigenvalue weighted by atomic mass is 10.0. The van der Waals surface area contributed by atoms with E-state index in [1.54, 1.807) is 7.11 Å². The van der Waals surface area contributed by atoms with Crippen LogP contribution in [0.3, 0.4) is 0 Å². The fourth-order valence-electron chi connectivity index (χ4n) is 2.06. The zero-order valence-electron chi connectivity index (χ0n) is 12.3. The van der Waals surface area contributed by atoms with Crippen molar-refractivity contribution in [2.24, 2.45) is 0 Å². The predicted molar refractivity (Wildman–Crippen MR) is 95.0 cm³/mol. The van der Waals surface area contributed by atoms with E-state index >= 15 is 0 Å². The van der Waals surface area contributed by atoms with Gasteiger partial charge in [-0.3, -0.25) is 0 Å². The number of benzene rings is 2. The summed E-state index contributed by atoms with van der Waals surface area (Å²) < 4.78 is 12.5. The molecule has 2 nitrogen and oxygen atoms in total. The van der Waals surface area contributed by atoms with Crippen LogP contribution in [0.2, 0.25) is 0 Å². The summed E-state index contributed by atoms with van der Waals surface area (Å²) in [5, 5.41) is 0. The van der Waals surface area contributed by atoms with Crippen LogP contribution in [-0.4, -0.2) is 7.11 Å². The third-order valence-corrected chi connectivity index (χ3v) is 4.02. The maximum absolute atomic E-state index is 6.21. The molecule has 0 aliphatic heterocycles. The standard InChI is InChI=1S/C18H19IO2/c1-13(2)12-18(14-8-10-15(20-3)11-9-14)21-17-7-5-4-6-16(17)19/h4-11,18H,1,12H2,2-3H3. The average molecular weight is 394 g/mol. The van der Waals surface area contributed by atoms with Crippen LogP contribution in [0.15, 0.2) is 60.7 Å². The van der Waals surface area contributed by atoms with Gasteiger partial charge in [0, 0.05) is 6.42 Å². The SMILES string of the molecule is C=C(C)CC(Oc1ccccc1I)c1ccc(OC)cc1. The van der Waals surface area contributed by atoms with Crippen LogP contribution >= 0.6 is 22.6 Å². The van der Waals surface area contributed by atoms with Crippen molar-refractivity contribution < 1.29 is 9.47 Å². The van der Waals surface area contributed by atoms with E-state index in [0.717, 1.165) is 32.6 Å². The van der Waals surface area contributed by atoms with E-state index in [2.05, 4.69) is 29.2 Å². The van der Waals surface area contributed by atoms with Gasteiger partial charge in [-0.1, -0.05) is 36.4 Å². The van der Waals surface area contributed by atoms with E-state index in [0.29, 0.717) is 0 Å². The Morgan fingerprint density at radius 3 is 2.38 bits per heavy atom. The smallest absolute Gasteiger partial charge is 0.133 e. The van der Waals surface area contributed by atoms with Crippen LogP contribution < -0.4 is 9.47 Å². The van der Waals surface area contributed by atoms with Crippen LogP contribution in [0.1, 0.15) is 25.0 Å². The van der Waals surface area contributed by atoms with Gasteiger partial charge in [0.05, 0.1) is 10.7 Å². The first kappa shape index (κ1) is 15.9. The van der Waals surface area contributed by atoms with E-state index < -0.39 is 0 Å². The summed E-state index contributed by atoms with van der Waals surface area (Å²) in [6, 6.07) is 16.0. The number of hydrogen-bond donors (Lipinski definition) is 0. The summed E-state index contributed by atoms with van der Waals surface area (Å²) in [6.45, 7) is 6.04. The molecule has 0 amide bonds. The first-order chi connectivity index (χ1) is 10.1. The van der Waals surface area contributed by atoms with Crippen molar-refractivity contribution >= 4 is 22.6 Å². The van der Waals surface area contributed by atoms with Gasteiger partial charge in [-0.15, -0.1) is 0 Å². The molecule has 0 radical (unpaired) electrons. The van der Waals surface area contributed by atoms with Crippen molar-refractivity contribution in [2.45, 2.75) is 19.4 Å². The second-order valence-electron chi connectivity index (χ2n) is 4.97. The third kappa shape index (κ3) is 4.49. The van der Waals surface area contributed by atoms with Gasteiger partial charge < -0.3 is 9.47 Å². The predicted octanol–water partition coefficient (Wildman–Crippen LogP) is 5.39. The van der Waals surface area contributed by atoms with Gasteiger partial charge in [0.1, 0.15) is 17.6 Å². The molecule has 2 aromatic carbocycles. The van der Waals surface area contributed by atoms with Crippen molar-refractivity contribution in [3.05, 3.63) is 69.8 Å². The quantitative estimate of drug-likeness (QED) is 0.484. The van der Waals surface area contributed by atoms with Crippen LogP contribution in [0.5, 0.6) is 11.5 Å². The molecule has 0 fully saturated rings. The van der Waals surface area contributed by atoms with Gasteiger partial charge in [-0.05, 0) is 59.3 Å². The summed E-state index contributed by atoms with van der Waals surface area (Å²) in [7, 11) is 1.67. The second kappa shape index (κ2) is 7.50. The van der Waals surface area contributed by atoms with Crippen molar-refractivity contribution in [3.8, 4) is 11.5 Å². The summed E-state index contributed by atoms with van der Waals surface area (Å²) in [5.74, 6) is 1.75. The Bertz CT molecular complexity index is 605. The molecule has 2 rings (SSSR count). The molecule has 0 aromatic heterocycles. The van der Waals surface area contributed by atoms with Crippen molar-refractivity contribution in [1.82, 2.24) is 0 Å². The molecule has 3 heteroatoms. The number of halogens is 1. The molecule has 0 spiro atoms.